The van der Waals surface area contributed by atoms with Crippen LogP contribution in [0.25, 0.3) is 5.69 Å². The third-order valence-electron chi connectivity index (χ3n) is 5.31. The van der Waals surface area contributed by atoms with E-state index < -0.39 is 0 Å². The minimum absolute atomic E-state index is 0.127. The fraction of sp³-hybridized carbons (Fsp3) is 0.318. The Morgan fingerprint density at radius 3 is 2.63 bits per heavy atom. The molecule has 0 radical (unpaired) electrons. The summed E-state index contributed by atoms with van der Waals surface area (Å²) in [5.41, 5.74) is 2.97. The van der Waals surface area contributed by atoms with Crippen LogP contribution in [0.15, 0.2) is 67.3 Å². The van der Waals surface area contributed by atoms with Gasteiger partial charge in [-0.3, -0.25) is 9.36 Å². The average Bonchev–Trinajstić information content (AvgIpc) is 3.28. The van der Waals surface area contributed by atoms with Crippen molar-refractivity contribution < 1.29 is 4.79 Å². The summed E-state index contributed by atoms with van der Waals surface area (Å²) in [4.78, 5) is 15.3. The molecule has 27 heavy (non-hydrogen) atoms. The Morgan fingerprint density at radius 1 is 1.00 bits per heavy atom. The van der Waals surface area contributed by atoms with Crippen LogP contribution in [-0.4, -0.2) is 38.2 Å². The molecule has 2 aromatic carbocycles. The SMILES string of the molecule is O=C(c1cccc(-n2cnnc2)c1)N1CCCC[C@H]1CCc1ccccc1. The molecular weight excluding hydrogens is 336 g/mol. The van der Waals surface area contributed by atoms with Gasteiger partial charge < -0.3 is 4.90 Å². The number of hydrogen-bond acceptors (Lipinski definition) is 3. The lowest BCUT2D eigenvalue weighted by molar-refractivity contribution is 0.0602. The van der Waals surface area contributed by atoms with Crippen LogP contribution in [0.3, 0.4) is 0 Å². The van der Waals surface area contributed by atoms with Gasteiger partial charge in [0, 0.05) is 23.8 Å². The molecule has 1 aromatic heterocycles. The quantitative estimate of drug-likeness (QED) is 0.693. The van der Waals surface area contributed by atoms with E-state index in [1.807, 2.05) is 34.9 Å². The van der Waals surface area contributed by atoms with Crippen molar-refractivity contribution in [1.82, 2.24) is 19.7 Å². The molecule has 5 nitrogen and oxygen atoms in total. The molecule has 138 valence electrons. The highest BCUT2D eigenvalue weighted by molar-refractivity contribution is 5.95. The van der Waals surface area contributed by atoms with E-state index in [0.717, 1.165) is 43.5 Å². The van der Waals surface area contributed by atoms with Gasteiger partial charge in [-0.2, -0.15) is 0 Å². The van der Waals surface area contributed by atoms with E-state index in [1.165, 1.54) is 12.0 Å². The van der Waals surface area contributed by atoms with Crippen LogP contribution >= 0.6 is 0 Å². The Morgan fingerprint density at radius 2 is 1.81 bits per heavy atom. The molecule has 4 rings (SSSR count). The fourth-order valence-corrected chi connectivity index (χ4v) is 3.85. The monoisotopic (exact) mass is 360 g/mol. The smallest absolute Gasteiger partial charge is 0.254 e. The number of carbonyl (C=O) groups excluding carboxylic acids is 1. The summed E-state index contributed by atoms with van der Waals surface area (Å²) >= 11 is 0. The molecule has 1 amide bonds. The maximum absolute atomic E-state index is 13.2. The number of aryl methyl sites for hydroxylation is 1. The number of aromatic nitrogens is 3. The molecule has 1 aliphatic heterocycles. The lowest BCUT2D eigenvalue weighted by Crippen LogP contribution is -2.44. The van der Waals surface area contributed by atoms with Crippen molar-refractivity contribution in [2.45, 2.75) is 38.1 Å². The van der Waals surface area contributed by atoms with Gasteiger partial charge in [0.2, 0.25) is 0 Å². The van der Waals surface area contributed by atoms with E-state index in [1.54, 1.807) is 12.7 Å². The molecule has 0 saturated carbocycles. The summed E-state index contributed by atoms with van der Waals surface area (Å²) in [6, 6.07) is 18.6. The molecule has 0 spiro atoms. The first-order chi connectivity index (χ1) is 13.3. The van der Waals surface area contributed by atoms with Gasteiger partial charge in [0.15, 0.2) is 0 Å². The first kappa shape index (κ1) is 17.5. The van der Waals surface area contributed by atoms with Gasteiger partial charge in [0.25, 0.3) is 5.91 Å². The number of benzene rings is 2. The predicted molar refractivity (Wildman–Crippen MR) is 105 cm³/mol. The van der Waals surface area contributed by atoms with Crippen molar-refractivity contribution >= 4 is 5.91 Å². The standard InChI is InChI=1S/C22H24N4O/c27-22(19-9-6-11-21(15-19)25-16-23-24-17-25)26-14-5-4-10-20(26)13-12-18-7-2-1-3-8-18/h1-3,6-9,11,15-17,20H,4-5,10,12-14H2/t20-/m0/s1. The number of likely N-dealkylation sites (tertiary alicyclic amines) is 1. The van der Waals surface area contributed by atoms with Crippen molar-refractivity contribution in [3.8, 4) is 5.69 Å². The summed E-state index contributed by atoms with van der Waals surface area (Å²) in [5, 5.41) is 7.69. The van der Waals surface area contributed by atoms with Gasteiger partial charge in [-0.25, -0.2) is 0 Å². The van der Waals surface area contributed by atoms with E-state index in [4.69, 9.17) is 0 Å². The first-order valence-corrected chi connectivity index (χ1v) is 9.61. The van der Waals surface area contributed by atoms with Crippen LogP contribution in [0.4, 0.5) is 0 Å². The molecule has 0 aliphatic carbocycles. The Bertz CT molecular complexity index is 876. The number of carbonyl (C=O) groups is 1. The van der Waals surface area contributed by atoms with Crippen molar-refractivity contribution in [3.05, 3.63) is 78.4 Å². The van der Waals surface area contributed by atoms with E-state index >= 15 is 0 Å². The fourth-order valence-electron chi connectivity index (χ4n) is 3.85. The lowest BCUT2D eigenvalue weighted by Gasteiger charge is -2.36. The van der Waals surface area contributed by atoms with Crippen LogP contribution in [0.5, 0.6) is 0 Å². The molecule has 1 fully saturated rings. The van der Waals surface area contributed by atoms with Crippen molar-refractivity contribution in [1.29, 1.82) is 0 Å². The molecule has 1 atom stereocenters. The van der Waals surface area contributed by atoms with Gasteiger partial charge in [0.05, 0.1) is 0 Å². The predicted octanol–water partition coefficient (Wildman–Crippen LogP) is 3.89. The van der Waals surface area contributed by atoms with E-state index in [9.17, 15) is 4.79 Å². The Hall–Kier alpha value is -2.95. The van der Waals surface area contributed by atoms with Crippen LogP contribution < -0.4 is 0 Å². The summed E-state index contributed by atoms with van der Waals surface area (Å²) in [6.45, 7) is 0.842. The summed E-state index contributed by atoms with van der Waals surface area (Å²) in [6.07, 6.45) is 8.68. The van der Waals surface area contributed by atoms with Gasteiger partial charge >= 0.3 is 0 Å². The van der Waals surface area contributed by atoms with E-state index in [0.29, 0.717) is 6.04 Å². The average molecular weight is 360 g/mol. The van der Waals surface area contributed by atoms with Crippen LogP contribution in [0.1, 0.15) is 41.6 Å². The Labute approximate surface area is 159 Å². The van der Waals surface area contributed by atoms with Gasteiger partial charge in [-0.05, 0) is 55.9 Å². The zero-order valence-electron chi connectivity index (χ0n) is 15.4. The summed E-state index contributed by atoms with van der Waals surface area (Å²) < 4.78 is 1.82. The lowest BCUT2D eigenvalue weighted by atomic mass is 9.95. The molecule has 2 heterocycles. The molecule has 0 N–H and O–H groups in total. The van der Waals surface area contributed by atoms with Crippen LogP contribution in [0, 0.1) is 0 Å². The highest BCUT2D eigenvalue weighted by Gasteiger charge is 2.27. The van der Waals surface area contributed by atoms with Crippen LogP contribution in [-0.2, 0) is 6.42 Å². The molecule has 1 aliphatic rings. The number of piperidine rings is 1. The van der Waals surface area contributed by atoms with Gasteiger partial charge in [0.1, 0.15) is 12.7 Å². The number of rotatable bonds is 5. The Kier molecular flexibility index (Phi) is 5.28. The molecular formula is C22H24N4O. The van der Waals surface area contributed by atoms with E-state index in [-0.39, 0.29) is 5.91 Å². The third kappa shape index (κ3) is 4.08. The second-order valence-corrected chi connectivity index (χ2v) is 7.09. The minimum atomic E-state index is 0.127. The largest absolute Gasteiger partial charge is 0.336 e. The number of amides is 1. The van der Waals surface area contributed by atoms with Crippen LogP contribution in [0.2, 0.25) is 0 Å². The normalized spacial score (nSPS) is 17.0. The van der Waals surface area contributed by atoms with Gasteiger partial charge in [-0.15, -0.1) is 10.2 Å². The maximum atomic E-state index is 13.2. The Balaban J connectivity index is 1.49. The number of nitrogens with zero attached hydrogens (tertiary/aromatic N) is 4. The van der Waals surface area contributed by atoms with Crippen molar-refractivity contribution in [3.63, 3.8) is 0 Å². The molecule has 3 aromatic rings. The van der Waals surface area contributed by atoms with Crippen molar-refractivity contribution in [2.75, 3.05) is 6.54 Å². The highest BCUT2D eigenvalue weighted by atomic mass is 16.2. The number of hydrogen-bond donors (Lipinski definition) is 0. The first-order valence-electron chi connectivity index (χ1n) is 9.61. The maximum Gasteiger partial charge on any atom is 0.254 e. The molecule has 0 unspecified atom stereocenters. The molecule has 1 saturated heterocycles. The second kappa shape index (κ2) is 8.16. The van der Waals surface area contributed by atoms with Crippen molar-refractivity contribution in [2.24, 2.45) is 0 Å². The summed E-state index contributed by atoms with van der Waals surface area (Å²) in [7, 11) is 0. The zero-order valence-corrected chi connectivity index (χ0v) is 15.4. The van der Waals surface area contributed by atoms with E-state index in [2.05, 4.69) is 39.4 Å². The molecule has 5 heteroatoms. The second-order valence-electron chi connectivity index (χ2n) is 7.09. The topological polar surface area (TPSA) is 51.0 Å². The highest BCUT2D eigenvalue weighted by Crippen LogP contribution is 2.24. The minimum Gasteiger partial charge on any atom is -0.336 e. The summed E-state index contributed by atoms with van der Waals surface area (Å²) in [5.74, 6) is 0.127. The van der Waals surface area contributed by atoms with Gasteiger partial charge in [-0.1, -0.05) is 36.4 Å². The molecule has 0 bridgehead atoms. The third-order valence-corrected chi connectivity index (χ3v) is 5.31. The zero-order chi connectivity index (χ0) is 18.5.